The van der Waals surface area contributed by atoms with Crippen LogP contribution in [0.5, 0.6) is 0 Å². The molecule has 0 saturated heterocycles. The molecule has 0 aromatic carbocycles. The lowest BCUT2D eigenvalue weighted by molar-refractivity contribution is -0.148. The van der Waals surface area contributed by atoms with Crippen LogP contribution < -0.4 is 11.8 Å². The largest absolute Gasteiger partial charge is 0.481 e. The second kappa shape index (κ2) is 18.1. The minimum absolute atomic E-state index is 0.175. The van der Waals surface area contributed by atoms with Crippen LogP contribution in [0.15, 0.2) is 0 Å². The Bertz CT molecular complexity index is 447. The van der Waals surface area contributed by atoms with E-state index >= 15 is 0 Å². The van der Waals surface area contributed by atoms with E-state index < -0.39 is 35.8 Å². The zero-order valence-electron chi connectivity index (χ0n) is 13.5. The first kappa shape index (κ1) is 27.6. The van der Waals surface area contributed by atoms with Gasteiger partial charge >= 0.3 is 35.8 Å². The minimum atomic E-state index is -1.08. The second-order valence-corrected chi connectivity index (χ2v) is 4.05. The first-order valence-corrected chi connectivity index (χ1v) is 6.62. The highest BCUT2D eigenvalue weighted by Crippen LogP contribution is 1.89. The average Bonchev–Trinajstić information content (AvgIpc) is 2.56. The average molecular weight is 384 g/mol. The molecule has 14 nitrogen and oxygen atoms in total. The maximum Gasteiger partial charge on any atom is 0.325 e. The molecule has 0 aliphatic heterocycles. The van der Waals surface area contributed by atoms with Crippen LogP contribution in [0.2, 0.25) is 0 Å². The maximum absolute atomic E-state index is 10.1. The van der Waals surface area contributed by atoms with Gasteiger partial charge in [-0.1, -0.05) is 0 Å². The summed E-state index contributed by atoms with van der Waals surface area (Å²) in [4.78, 5) is 66.4. The Morgan fingerprint density at radius 1 is 0.500 bits per heavy atom. The third kappa shape index (κ3) is 32.6. The van der Waals surface area contributed by atoms with Crippen LogP contribution >= 0.6 is 0 Å². The summed E-state index contributed by atoms with van der Waals surface area (Å²) in [5.41, 5.74) is 0. The summed E-state index contributed by atoms with van der Waals surface area (Å²) >= 11 is 0. The van der Waals surface area contributed by atoms with Gasteiger partial charge in [0.1, 0.15) is 0 Å². The molecule has 0 unspecified atom stereocenters. The minimum Gasteiger partial charge on any atom is -0.481 e. The van der Waals surface area contributed by atoms with Gasteiger partial charge in [0.05, 0.1) is 38.5 Å². The molecule has 0 aromatic rings. The van der Waals surface area contributed by atoms with Gasteiger partial charge in [-0.2, -0.15) is 11.8 Å². The highest BCUT2D eigenvalue weighted by molar-refractivity contribution is 5.77. The molecule has 0 radical (unpaired) electrons. The van der Waals surface area contributed by atoms with Gasteiger partial charge in [0.25, 0.3) is 0 Å². The van der Waals surface area contributed by atoms with Gasteiger partial charge in [-0.3, -0.25) is 28.8 Å². The Morgan fingerprint density at radius 2 is 0.692 bits per heavy atom. The zero-order chi connectivity index (χ0) is 21.1. The summed E-state index contributed by atoms with van der Waals surface area (Å²) in [7, 11) is 0. The summed E-state index contributed by atoms with van der Waals surface area (Å²) in [5.74, 6) is 3.17. The predicted octanol–water partition coefficient (Wildman–Crippen LogP) is -1.53. The number of rotatable bonds is 9. The molecule has 0 atom stereocenters. The Hall–Kier alpha value is -3.26. The third-order valence-electron chi connectivity index (χ3n) is 1.90. The summed E-state index contributed by atoms with van der Waals surface area (Å²) in [6.07, 6.45) is -1.42. The van der Waals surface area contributed by atoms with Crippen molar-refractivity contribution in [3.05, 3.63) is 0 Å². The van der Waals surface area contributed by atoms with Crippen molar-refractivity contribution in [3.8, 4) is 0 Å². The van der Waals surface area contributed by atoms with Gasteiger partial charge < -0.3 is 30.1 Å². The topological polar surface area (TPSA) is 254 Å². The highest BCUT2D eigenvalue weighted by atomic mass is 16.7. The second-order valence-electron chi connectivity index (χ2n) is 4.05. The van der Waals surface area contributed by atoms with Gasteiger partial charge in [-0.25, -0.2) is 0 Å². The fourth-order valence-electron chi connectivity index (χ4n) is 0.750. The molecule has 0 spiro atoms. The SMILES string of the molecule is NOC(=O)CCC(=O)O.NOC(=O)CCC(=O)O.O=C(O)CCC(=O)O. The van der Waals surface area contributed by atoms with E-state index in [9.17, 15) is 28.8 Å². The molecule has 14 heteroatoms. The number of carbonyl (C=O) groups excluding carboxylic acids is 2. The number of nitrogens with two attached hydrogens (primary N) is 2. The standard InChI is InChI=1S/2C4H7NO4.C4H6O4/c2*5-9-4(8)2-1-3(6)7;5-3(6)1-2-4(7)8/h2*1-2,5H2,(H,6,7);1-2H2,(H,5,6)(H,7,8). The van der Waals surface area contributed by atoms with Crippen molar-refractivity contribution in [2.24, 2.45) is 11.8 Å². The summed E-state index contributed by atoms with van der Waals surface area (Å²) in [6, 6.07) is 0. The molecule has 26 heavy (non-hydrogen) atoms. The van der Waals surface area contributed by atoms with Crippen LogP contribution in [0.25, 0.3) is 0 Å². The Morgan fingerprint density at radius 3 is 0.846 bits per heavy atom. The molecule has 0 heterocycles. The Balaban J connectivity index is -0.000000306. The lowest BCUT2D eigenvalue weighted by Gasteiger charge is -1.91. The van der Waals surface area contributed by atoms with Crippen molar-refractivity contribution >= 4 is 35.8 Å². The molecule has 0 aromatic heterocycles. The summed E-state index contributed by atoms with van der Waals surface area (Å²) in [5, 5.41) is 31.8. The molecule has 0 fully saturated rings. The monoisotopic (exact) mass is 384 g/mol. The predicted molar refractivity (Wildman–Crippen MR) is 78.8 cm³/mol. The van der Waals surface area contributed by atoms with Crippen LogP contribution in [-0.4, -0.2) is 56.2 Å². The van der Waals surface area contributed by atoms with Crippen LogP contribution in [0.1, 0.15) is 38.5 Å². The van der Waals surface area contributed by atoms with E-state index in [1.54, 1.807) is 0 Å². The summed E-state index contributed by atoms with van der Waals surface area (Å²) < 4.78 is 0. The van der Waals surface area contributed by atoms with Crippen LogP contribution in [-0.2, 0) is 38.4 Å². The van der Waals surface area contributed by atoms with E-state index in [0.29, 0.717) is 0 Å². The van der Waals surface area contributed by atoms with Gasteiger partial charge in [0.2, 0.25) is 0 Å². The fourth-order valence-corrected chi connectivity index (χ4v) is 0.750. The number of carbonyl (C=O) groups is 6. The molecular weight excluding hydrogens is 364 g/mol. The molecule has 0 aliphatic carbocycles. The van der Waals surface area contributed by atoms with Crippen LogP contribution in [0.4, 0.5) is 0 Å². The fraction of sp³-hybridized carbons (Fsp3) is 0.500. The molecule has 0 rings (SSSR count). The van der Waals surface area contributed by atoms with Gasteiger partial charge in [0.15, 0.2) is 0 Å². The van der Waals surface area contributed by atoms with Crippen LogP contribution in [0, 0.1) is 0 Å². The third-order valence-corrected chi connectivity index (χ3v) is 1.90. The van der Waals surface area contributed by atoms with Crippen molar-refractivity contribution in [1.82, 2.24) is 0 Å². The van der Waals surface area contributed by atoms with Gasteiger partial charge in [0, 0.05) is 0 Å². The molecule has 8 N–H and O–H groups in total. The van der Waals surface area contributed by atoms with Crippen LogP contribution in [0.3, 0.4) is 0 Å². The van der Waals surface area contributed by atoms with E-state index in [-0.39, 0.29) is 38.5 Å². The van der Waals surface area contributed by atoms with E-state index in [0.717, 1.165) is 0 Å². The maximum atomic E-state index is 10.1. The molecule has 0 bridgehead atoms. The molecule has 0 aliphatic rings. The van der Waals surface area contributed by atoms with Crippen molar-refractivity contribution < 1.29 is 58.9 Å². The quantitative estimate of drug-likeness (QED) is 0.247. The number of carboxylic acid groups (broad SMARTS) is 4. The number of aliphatic carboxylic acids is 4. The smallest absolute Gasteiger partial charge is 0.325 e. The van der Waals surface area contributed by atoms with Crippen molar-refractivity contribution in [2.45, 2.75) is 38.5 Å². The van der Waals surface area contributed by atoms with Gasteiger partial charge in [-0.05, 0) is 0 Å². The van der Waals surface area contributed by atoms with Gasteiger partial charge in [-0.15, -0.1) is 0 Å². The van der Waals surface area contributed by atoms with E-state index in [2.05, 4.69) is 21.5 Å². The van der Waals surface area contributed by atoms with E-state index in [1.165, 1.54) is 0 Å². The molecule has 0 amide bonds. The lowest BCUT2D eigenvalue weighted by Crippen LogP contribution is -2.11. The Labute approximate surface area is 146 Å². The molecule has 150 valence electrons. The lowest BCUT2D eigenvalue weighted by atomic mass is 10.3. The van der Waals surface area contributed by atoms with Crippen molar-refractivity contribution in [1.29, 1.82) is 0 Å². The molecule has 0 saturated carbocycles. The van der Waals surface area contributed by atoms with E-state index in [4.69, 9.17) is 20.4 Å². The molecular formula is C12H20N2O12. The number of carboxylic acids is 4. The van der Waals surface area contributed by atoms with Crippen molar-refractivity contribution in [3.63, 3.8) is 0 Å². The first-order valence-electron chi connectivity index (χ1n) is 6.62. The Kier molecular flexibility index (Phi) is 19.2. The summed E-state index contributed by atoms with van der Waals surface area (Å²) in [6.45, 7) is 0. The highest BCUT2D eigenvalue weighted by Gasteiger charge is 2.04. The zero-order valence-corrected chi connectivity index (χ0v) is 13.5. The first-order chi connectivity index (χ1) is 12.0. The van der Waals surface area contributed by atoms with Crippen molar-refractivity contribution in [2.75, 3.05) is 0 Å². The number of hydrogen-bond donors (Lipinski definition) is 6. The number of hydrogen-bond acceptors (Lipinski definition) is 10. The van der Waals surface area contributed by atoms with E-state index in [1.807, 2.05) is 0 Å². The normalized spacial score (nSPS) is 8.54.